The van der Waals surface area contributed by atoms with Crippen LogP contribution in [0.25, 0.3) is 11.8 Å². The van der Waals surface area contributed by atoms with Crippen LogP contribution in [0.2, 0.25) is 5.02 Å². The third kappa shape index (κ3) is 4.31. The molecule has 4 nitrogen and oxygen atoms in total. The minimum absolute atomic E-state index is 0.0717. The maximum Gasteiger partial charge on any atom is 0.260 e. The molecule has 1 aliphatic rings. The molecule has 1 aromatic heterocycles. The van der Waals surface area contributed by atoms with Crippen LogP contribution in [0.5, 0.6) is 0 Å². The number of aryl methyl sites for hydroxylation is 2. The highest BCUT2D eigenvalue weighted by Gasteiger charge is 2.28. The molecule has 0 radical (unpaired) electrons. The van der Waals surface area contributed by atoms with Gasteiger partial charge in [0.1, 0.15) is 0 Å². The van der Waals surface area contributed by atoms with Crippen LogP contribution in [0.15, 0.2) is 57.9 Å². The van der Waals surface area contributed by atoms with Crippen LogP contribution in [0.1, 0.15) is 22.5 Å². The Morgan fingerprint density at radius 2 is 1.87 bits per heavy atom. The largest absolute Gasteiger partial charge is 0.356 e. The molecular weight excluding hydrogens is 482 g/mol. The minimum Gasteiger partial charge on any atom is -0.356 e. The van der Waals surface area contributed by atoms with Gasteiger partial charge in [0.25, 0.3) is 5.91 Å². The van der Waals surface area contributed by atoms with Crippen LogP contribution in [0, 0.1) is 20.8 Å². The number of halogens is 2. The molecule has 154 valence electrons. The zero-order chi connectivity index (χ0) is 21.4. The molecule has 2 heterocycles. The maximum atomic E-state index is 12.6. The normalized spacial score (nSPS) is 17.4. The molecule has 0 bridgehead atoms. The quantitative estimate of drug-likeness (QED) is 0.405. The van der Waals surface area contributed by atoms with Crippen molar-refractivity contribution in [2.45, 2.75) is 26.3 Å². The first-order valence-corrected chi connectivity index (χ1v) is 11.5. The van der Waals surface area contributed by atoms with Gasteiger partial charge in [0.05, 0.1) is 4.91 Å². The third-order valence-electron chi connectivity index (χ3n) is 5.05. The van der Waals surface area contributed by atoms with Gasteiger partial charge >= 0.3 is 0 Å². The number of hydrogen-bond acceptors (Lipinski definition) is 3. The molecule has 1 fully saturated rings. The van der Waals surface area contributed by atoms with E-state index in [9.17, 15) is 4.79 Å². The Morgan fingerprint density at radius 1 is 1.13 bits per heavy atom. The lowest BCUT2D eigenvalue weighted by molar-refractivity contribution is -0.116. The van der Waals surface area contributed by atoms with E-state index in [4.69, 9.17) is 11.6 Å². The third-order valence-corrected chi connectivity index (χ3v) is 6.84. The van der Waals surface area contributed by atoms with Crippen molar-refractivity contribution in [1.29, 1.82) is 0 Å². The number of amides is 1. The number of hydrogen-bond donors (Lipinski definition) is 2. The topological polar surface area (TPSA) is 46.1 Å². The number of benzene rings is 2. The summed E-state index contributed by atoms with van der Waals surface area (Å²) in [5.41, 5.74) is 6.12. The molecule has 1 unspecified atom stereocenters. The van der Waals surface area contributed by atoms with Crippen molar-refractivity contribution in [2.75, 3.05) is 5.32 Å². The minimum atomic E-state index is -0.224. The summed E-state index contributed by atoms with van der Waals surface area (Å²) in [6.07, 6.45) is 1.97. The van der Waals surface area contributed by atoms with Crippen LogP contribution in [0.4, 0.5) is 5.69 Å². The van der Waals surface area contributed by atoms with E-state index in [1.165, 1.54) is 11.8 Å². The highest BCUT2D eigenvalue weighted by Crippen LogP contribution is 2.33. The summed E-state index contributed by atoms with van der Waals surface area (Å²) < 4.78 is 3.24. The zero-order valence-electron chi connectivity index (χ0n) is 16.8. The van der Waals surface area contributed by atoms with Gasteiger partial charge < -0.3 is 15.2 Å². The fourth-order valence-electron chi connectivity index (χ4n) is 3.56. The average molecular weight is 503 g/mol. The molecule has 3 aromatic rings. The molecule has 1 aliphatic heterocycles. The van der Waals surface area contributed by atoms with Crippen molar-refractivity contribution >= 4 is 57.0 Å². The standard InChI is InChI=1S/C23H21BrClN3OS/c1-13-10-18(25)6-9-20(13)26-23-27-22(29)21(30-23)12-16-11-14(2)28(15(16)3)19-7-4-17(24)5-8-19/h4-12,23,26H,1-3H3,(H,27,29)/b21-12-. The number of nitrogens with zero attached hydrogens (tertiary/aromatic N) is 1. The molecule has 2 aromatic carbocycles. The van der Waals surface area contributed by atoms with Crippen LogP contribution in [-0.4, -0.2) is 16.0 Å². The van der Waals surface area contributed by atoms with Gasteiger partial charge in [-0.1, -0.05) is 39.3 Å². The predicted octanol–water partition coefficient (Wildman–Crippen LogP) is 6.42. The van der Waals surface area contributed by atoms with Gasteiger partial charge in [-0.15, -0.1) is 0 Å². The highest BCUT2D eigenvalue weighted by atomic mass is 79.9. The number of anilines is 1. The van der Waals surface area contributed by atoms with Gasteiger partial charge in [-0.3, -0.25) is 4.79 Å². The number of carbonyl (C=O) groups is 1. The molecule has 0 spiro atoms. The second-order valence-electron chi connectivity index (χ2n) is 7.22. The fourth-order valence-corrected chi connectivity index (χ4v) is 5.02. The molecule has 2 N–H and O–H groups in total. The van der Waals surface area contributed by atoms with Crippen molar-refractivity contribution in [1.82, 2.24) is 9.88 Å². The molecule has 0 saturated carbocycles. The Kier molecular flexibility index (Phi) is 6.00. The van der Waals surface area contributed by atoms with Gasteiger partial charge in [-0.05, 0) is 86.5 Å². The number of carbonyl (C=O) groups excluding carboxylic acids is 1. The molecule has 1 amide bonds. The molecule has 1 saturated heterocycles. The first-order chi connectivity index (χ1) is 14.3. The zero-order valence-corrected chi connectivity index (χ0v) is 20.0. The van der Waals surface area contributed by atoms with Crippen LogP contribution < -0.4 is 10.6 Å². The fraction of sp³-hybridized carbons (Fsp3) is 0.174. The van der Waals surface area contributed by atoms with E-state index in [1.54, 1.807) is 0 Å². The smallest absolute Gasteiger partial charge is 0.260 e. The van der Waals surface area contributed by atoms with Crippen molar-refractivity contribution in [2.24, 2.45) is 0 Å². The van der Waals surface area contributed by atoms with Gasteiger partial charge in [-0.2, -0.15) is 0 Å². The number of thioether (sulfide) groups is 1. The van der Waals surface area contributed by atoms with Gasteiger partial charge in [0.2, 0.25) is 0 Å². The lowest BCUT2D eigenvalue weighted by Crippen LogP contribution is -2.31. The first kappa shape index (κ1) is 21.1. The van der Waals surface area contributed by atoms with Crippen molar-refractivity contribution in [3.05, 3.63) is 85.4 Å². The molecule has 7 heteroatoms. The Morgan fingerprint density at radius 3 is 2.57 bits per heavy atom. The summed E-state index contributed by atoms with van der Waals surface area (Å²) in [6, 6.07) is 16.0. The van der Waals surface area contributed by atoms with E-state index in [0.717, 1.165) is 38.4 Å². The second-order valence-corrected chi connectivity index (χ2v) is 9.72. The van der Waals surface area contributed by atoms with Crippen molar-refractivity contribution in [3.8, 4) is 5.69 Å². The lowest BCUT2D eigenvalue weighted by atomic mass is 10.2. The van der Waals surface area contributed by atoms with Gasteiger partial charge in [0.15, 0.2) is 5.50 Å². The second kappa shape index (κ2) is 8.53. The maximum absolute atomic E-state index is 12.6. The van der Waals surface area contributed by atoms with E-state index in [1.807, 2.05) is 43.3 Å². The summed E-state index contributed by atoms with van der Waals surface area (Å²) >= 11 is 11.0. The van der Waals surface area contributed by atoms with Crippen molar-refractivity contribution < 1.29 is 4.79 Å². The Labute approximate surface area is 193 Å². The van der Waals surface area contributed by atoms with Gasteiger partial charge in [-0.25, -0.2) is 0 Å². The lowest BCUT2D eigenvalue weighted by Gasteiger charge is -2.15. The molecule has 4 rings (SSSR count). The summed E-state index contributed by atoms with van der Waals surface area (Å²) in [5, 5.41) is 7.06. The Bertz CT molecular complexity index is 1150. The SMILES string of the molecule is Cc1cc(Cl)ccc1NC1NC(=O)/C(=C/c2cc(C)n(-c3ccc(Br)cc3)c2C)S1. The van der Waals surface area contributed by atoms with Crippen molar-refractivity contribution in [3.63, 3.8) is 0 Å². The van der Waals surface area contributed by atoms with E-state index in [0.29, 0.717) is 9.93 Å². The van der Waals surface area contributed by atoms with E-state index >= 15 is 0 Å². The number of rotatable bonds is 4. The Hall–Kier alpha value is -2.15. The molecular formula is C23H21BrClN3OS. The summed E-state index contributed by atoms with van der Waals surface area (Å²) in [4.78, 5) is 13.2. The molecule has 0 aliphatic carbocycles. The number of nitrogens with one attached hydrogen (secondary N) is 2. The predicted molar refractivity (Wildman–Crippen MR) is 130 cm³/mol. The summed E-state index contributed by atoms with van der Waals surface area (Å²) in [5.74, 6) is -0.0717. The highest BCUT2D eigenvalue weighted by molar-refractivity contribution is 9.10. The van der Waals surface area contributed by atoms with Crippen LogP contribution in [0.3, 0.4) is 0 Å². The molecule has 1 atom stereocenters. The van der Waals surface area contributed by atoms with E-state index < -0.39 is 0 Å². The summed E-state index contributed by atoms with van der Waals surface area (Å²) in [6.45, 7) is 6.14. The summed E-state index contributed by atoms with van der Waals surface area (Å²) in [7, 11) is 0. The first-order valence-electron chi connectivity index (χ1n) is 9.48. The Balaban J connectivity index is 1.57. The van der Waals surface area contributed by atoms with E-state index in [2.05, 4.69) is 63.2 Å². The molecule has 30 heavy (non-hydrogen) atoms. The van der Waals surface area contributed by atoms with Crippen LogP contribution >= 0.6 is 39.3 Å². The monoisotopic (exact) mass is 501 g/mol. The average Bonchev–Trinajstić information content (AvgIpc) is 3.17. The van der Waals surface area contributed by atoms with Crippen LogP contribution in [-0.2, 0) is 4.79 Å². The van der Waals surface area contributed by atoms with Gasteiger partial charge in [0, 0.05) is 32.3 Å². The van der Waals surface area contributed by atoms with E-state index in [-0.39, 0.29) is 11.4 Å². The number of aromatic nitrogens is 1.